The third-order valence-electron chi connectivity index (χ3n) is 6.14. The first-order chi connectivity index (χ1) is 14.7. The first-order valence-corrected chi connectivity index (χ1v) is 11.8. The lowest BCUT2D eigenvalue weighted by atomic mass is 10.1. The van der Waals surface area contributed by atoms with Gasteiger partial charge in [-0.25, -0.2) is 9.67 Å². The van der Waals surface area contributed by atoms with Gasteiger partial charge in [-0.05, 0) is 35.9 Å². The number of benzene rings is 1. The van der Waals surface area contributed by atoms with E-state index in [1.807, 2.05) is 17.8 Å². The molecule has 0 unspecified atom stereocenters. The summed E-state index contributed by atoms with van der Waals surface area (Å²) in [6.45, 7) is 7.54. The third-order valence-corrected chi connectivity index (χ3v) is 7.15. The van der Waals surface area contributed by atoms with Gasteiger partial charge >= 0.3 is 0 Å². The lowest BCUT2D eigenvalue weighted by molar-refractivity contribution is 0.242. The van der Waals surface area contributed by atoms with Crippen molar-refractivity contribution in [2.75, 3.05) is 43.4 Å². The molecule has 156 valence electrons. The normalized spacial score (nSPS) is 17.3. The van der Waals surface area contributed by atoms with Gasteiger partial charge in [-0.3, -0.25) is 9.69 Å². The largest absolute Gasteiger partial charge is 0.354 e. The fraction of sp³-hybridized carbons (Fsp3) is 0.435. The monoisotopic (exact) mass is 421 g/mol. The minimum absolute atomic E-state index is 0.0331. The number of aromatic nitrogens is 3. The van der Waals surface area contributed by atoms with Gasteiger partial charge in [0, 0.05) is 56.4 Å². The molecule has 0 bridgehead atoms. The Hall–Kier alpha value is -2.38. The Morgan fingerprint density at radius 3 is 2.77 bits per heavy atom. The van der Waals surface area contributed by atoms with Crippen molar-refractivity contribution >= 4 is 28.5 Å². The van der Waals surface area contributed by atoms with E-state index in [9.17, 15) is 4.79 Å². The maximum Gasteiger partial charge on any atom is 0.267 e. The molecule has 0 aliphatic carbocycles. The Kier molecular flexibility index (Phi) is 5.48. The van der Waals surface area contributed by atoms with Crippen LogP contribution in [0.1, 0.15) is 16.8 Å². The van der Waals surface area contributed by atoms with Crippen LogP contribution in [0.15, 0.2) is 41.2 Å². The molecule has 30 heavy (non-hydrogen) atoms. The van der Waals surface area contributed by atoms with Crippen molar-refractivity contribution in [1.29, 1.82) is 0 Å². The first kappa shape index (κ1) is 19.6. The molecule has 1 aromatic carbocycles. The summed E-state index contributed by atoms with van der Waals surface area (Å²) in [5.41, 5.74) is 4.60. The lowest BCUT2D eigenvalue weighted by Gasteiger charge is -2.35. The number of para-hydroxylation sites is 1. The van der Waals surface area contributed by atoms with Gasteiger partial charge in [-0.1, -0.05) is 18.2 Å². The molecule has 0 atom stereocenters. The molecule has 0 saturated carbocycles. The SMILES string of the molecule is Cc1cc(N2CCN(CCn3nc4c(cc3=O)CSCC4)CC2)nc2ccccc12. The van der Waals surface area contributed by atoms with Crippen molar-refractivity contribution in [2.24, 2.45) is 0 Å². The number of aryl methyl sites for hydroxylation is 2. The summed E-state index contributed by atoms with van der Waals surface area (Å²) in [5.74, 6) is 3.08. The van der Waals surface area contributed by atoms with E-state index < -0.39 is 0 Å². The molecule has 6 nitrogen and oxygen atoms in total. The number of rotatable bonds is 4. The molecule has 2 aliphatic heterocycles. The van der Waals surface area contributed by atoms with E-state index in [2.05, 4.69) is 46.1 Å². The van der Waals surface area contributed by atoms with Crippen LogP contribution in [0.2, 0.25) is 0 Å². The summed E-state index contributed by atoms with van der Waals surface area (Å²) >= 11 is 1.88. The van der Waals surface area contributed by atoms with Crippen LogP contribution in [0, 0.1) is 6.92 Å². The van der Waals surface area contributed by atoms with E-state index in [1.54, 1.807) is 10.7 Å². The predicted octanol–water partition coefficient (Wildman–Crippen LogP) is 2.71. The Morgan fingerprint density at radius 2 is 1.90 bits per heavy atom. The number of nitrogens with zero attached hydrogens (tertiary/aromatic N) is 5. The molecule has 2 aliphatic rings. The van der Waals surface area contributed by atoms with Crippen molar-refractivity contribution in [1.82, 2.24) is 19.7 Å². The summed E-state index contributed by atoms with van der Waals surface area (Å²) in [7, 11) is 0. The van der Waals surface area contributed by atoms with E-state index in [-0.39, 0.29) is 5.56 Å². The number of pyridine rings is 1. The Labute approximate surface area is 180 Å². The maximum absolute atomic E-state index is 12.4. The highest BCUT2D eigenvalue weighted by molar-refractivity contribution is 7.98. The highest BCUT2D eigenvalue weighted by atomic mass is 32.2. The zero-order valence-electron chi connectivity index (χ0n) is 17.4. The molecular weight excluding hydrogens is 394 g/mol. The Morgan fingerprint density at radius 1 is 1.07 bits per heavy atom. The topological polar surface area (TPSA) is 54.3 Å². The number of hydrogen-bond donors (Lipinski definition) is 0. The smallest absolute Gasteiger partial charge is 0.267 e. The molecule has 0 radical (unpaired) electrons. The molecule has 0 amide bonds. The summed E-state index contributed by atoms with van der Waals surface area (Å²) in [5, 5.41) is 5.87. The van der Waals surface area contributed by atoms with Gasteiger partial charge in [0.1, 0.15) is 5.82 Å². The van der Waals surface area contributed by atoms with Gasteiger partial charge in [-0.2, -0.15) is 16.9 Å². The molecule has 1 saturated heterocycles. The minimum atomic E-state index is 0.0331. The lowest BCUT2D eigenvalue weighted by Crippen LogP contribution is -2.48. The molecule has 1 fully saturated rings. The van der Waals surface area contributed by atoms with E-state index in [0.717, 1.165) is 73.2 Å². The number of hydrogen-bond acceptors (Lipinski definition) is 6. The molecule has 0 spiro atoms. The maximum atomic E-state index is 12.4. The molecule has 3 aromatic rings. The quantitative estimate of drug-likeness (QED) is 0.646. The molecule has 2 aromatic heterocycles. The highest BCUT2D eigenvalue weighted by Crippen LogP contribution is 2.23. The minimum Gasteiger partial charge on any atom is -0.354 e. The molecule has 4 heterocycles. The van der Waals surface area contributed by atoms with Gasteiger partial charge in [0.2, 0.25) is 0 Å². The average molecular weight is 422 g/mol. The van der Waals surface area contributed by atoms with Gasteiger partial charge in [-0.15, -0.1) is 0 Å². The van der Waals surface area contributed by atoms with E-state index in [0.29, 0.717) is 6.54 Å². The summed E-state index contributed by atoms with van der Waals surface area (Å²) < 4.78 is 1.66. The third kappa shape index (κ3) is 3.96. The van der Waals surface area contributed by atoms with Crippen LogP contribution in [0.3, 0.4) is 0 Å². The average Bonchev–Trinajstić information content (AvgIpc) is 2.78. The molecule has 7 heteroatoms. The van der Waals surface area contributed by atoms with E-state index >= 15 is 0 Å². The molecule has 5 rings (SSSR count). The van der Waals surface area contributed by atoms with Crippen LogP contribution in [-0.2, 0) is 18.7 Å². The van der Waals surface area contributed by atoms with E-state index in [1.165, 1.54) is 10.9 Å². The fourth-order valence-electron chi connectivity index (χ4n) is 4.34. The van der Waals surface area contributed by atoms with Crippen LogP contribution in [0.5, 0.6) is 0 Å². The second kappa shape index (κ2) is 8.40. The number of anilines is 1. The van der Waals surface area contributed by atoms with Gasteiger partial charge in [0.05, 0.1) is 17.8 Å². The summed E-state index contributed by atoms with van der Waals surface area (Å²) in [4.78, 5) is 22.1. The zero-order chi connectivity index (χ0) is 20.5. The predicted molar refractivity (Wildman–Crippen MR) is 123 cm³/mol. The number of thioether (sulfide) groups is 1. The van der Waals surface area contributed by atoms with Gasteiger partial charge in [0.15, 0.2) is 0 Å². The van der Waals surface area contributed by atoms with Crippen LogP contribution in [-0.4, -0.2) is 58.1 Å². The number of fused-ring (bicyclic) bond motifs is 2. The standard InChI is InChI=1S/C23H27N5OS/c1-17-14-22(24-21-5-3-2-4-19(17)21)27-10-7-26(8-11-27)9-12-28-23(29)15-18-16-30-13-6-20(18)25-28/h2-5,14-15H,6-13,16H2,1H3. The Balaban J connectivity index is 1.21. The second-order valence-electron chi connectivity index (χ2n) is 8.12. The highest BCUT2D eigenvalue weighted by Gasteiger charge is 2.19. The first-order valence-electron chi connectivity index (χ1n) is 10.7. The van der Waals surface area contributed by atoms with Gasteiger partial charge in [0.25, 0.3) is 5.56 Å². The summed E-state index contributed by atoms with van der Waals surface area (Å²) in [6.07, 6.45) is 0.969. The van der Waals surface area contributed by atoms with E-state index in [4.69, 9.17) is 4.98 Å². The van der Waals surface area contributed by atoms with Crippen molar-refractivity contribution in [2.45, 2.75) is 25.6 Å². The summed E-state index contributed by atoms with van der Waals surface area (Å²) in [6, 6.07) is 12.3. The van der Waals surface area contributed by atoms with Crippen LogP contribution < -0.4 is 10.5 Å². The van der Waals surface area contributed by atoms with Crippen molar-refractivity contribution < 1.29 is 0 Å². The number of piperazine rings is 1. The van der Waals surface area contributed by atoms with Crippen LogP contribution >= 0.6 is 11.8 Å². The van der Waals surface area contributed by atoms with Crippen LogP contribution in [0.25, 0.3) is 10.9 Å². The van der Waals surface area contributed by atoms with Crippen molar-refractivity contribution in [3.8, 4) is 0 Å². The zero-order valence-corrected chi connectivity index (χ0v) is 18.2. The fourth-order valence-corrected chi connectivity index (χ4v) is 5.30. The van der Waals surface area contributed by atoms with Crippen molar-refractivity contribution in [3.05, 3.63) is 63.6 Å². The van der Waals surface area contributed by atoms with Gasteiger partial charge < -0.3 is 4.90 Å². The molecule has 0 N–H and O–H groups in total. The second-order valence-corrected chi connectivity index (χ2v) is 9.23. The Bertz CT molecular complexity index is 1120. The van der Waals surface area contributed by atoms with Crippen LogP contribution in [0.4, 0.5) is 5.82 Å². The van der Waals surface area contributed by atoms with Crippen molar-refractivity contribution in [3.63, 3.8) is 0 Å². The molecular formula is C23H27N5OS.